The van der Waals surface area contributed by atoms with E-state index in [9.17, 15) is 9.18 Å². The molecule has 0 unspecified atom stereocenters. The third-order valence-electron chi connectivity index (χ3n) is 9.19. The van der Waals surface area contributed by atoms with Crippen LogP contribution in [0.1, 0.15) is 57.4 Å². The van der Waals surface area contributed by atoms with Crippen LogP contribution in [-0.2, 0) is 22.1 Å². The molecule has 200 valence electrons. The monoisotopic (exact) mass is 530 g/mol. The molecule has 0 bridgehead atoms. The number of Topliss-reactive ketones (excluding diaryl/α,β-unsaturated/α-hetero) is 1. The van der Waals surface area contributed by atoms with Gasteiger partial charge in [-0.1, -0.05) is 58.0 Å². The maximum absolute atomic E-state index is 13.6. The second-order valence-electron chi connectivity index (χ2n) is 12.8. The Morgan fingerprint density at radius 1 is 1.13 bits per heavy atom. The van der Waals surface area contributed by atoms with E-state index in [-0.39, 0.29) is 34.1 Å². The molecule has 5 rings (SSSR count). The highest BCUT2D eigenvalue weighted by Crippen LogP contribution is 2.53. The number of ketones is 1. The van der Waals surface area contributed by atoms with E-state index in [0.717, 1.165) is 41.8 Å². The van der Waals surface area contributed by atoms with E-state index >= 15 is 0 Å². The van der Waals surface area contributed by atoms with Gasteiger partial charge in [0.1, 0.15) is 5.82 Å². The van der Waals surface area contributed by atoms with Crippen molar-refractivity contribution in [3.05, 3.63) is 89.0 Å². The van der Waals surface area contributed by atoms with Crippen LogP contribution in [0.15, 0.2) is 66.4 Å². The summed E-state index contributed by atoms with van der Waals surface area (Å²) >= 11 is 0. The molecule has 0 aliphatic heterocycles. The van der Waals surface area contributed by atoms with Crippen molar-refractivity contribution in [3.63, 3.8) is 0 Å². The molecule has 4 nitrogen and oxygen atoms in total. The van der Waals surface area contributed by atoms with Crippen LogP contribution >= 0.6 is 0 Å². The van der Waals surface area contributed by atoms with Crippen LogP contribution < -0.4 is 0 Å². The van der Waals surface area contributed by atoms with Crippen molar-refractivity contribution < 1.29 is 13.6 Å². The fourth-order valence-electron chi connectivity index (χ4n) is 6.00. The molecule has 3 aromatic rings. The molecule has 1 fully saturated rings. The normalized spacial score (nSPS) is 22.4. The highest BCUT2D eigenvalue weighted by Gasteiger charge is 2.51. The van der Waals surface area contributed by atoms with E-state index in [1.165, 1.54) is 17.7 Å². The predicted octanol–water partition coefficient (Wildman–Crippen LogP) is 7.57. The van der Waals surface area contributed by atoms with Gasteiger partial charge in [-0.25, -0.2) is 9.07 Å². The number of aromatic nitrogens is 2. The molecule has 2 aliphatic rings. The van der Waals surface area contributed by atoms with E-state index in [2.05, 4.69) is 82.3 Å². The Kier molecular flexibility index (Phi) is 6.85. The average molecular weight is 531 g/mol. The summed E-state index contributed by atoms with van der Waals surface area (Å²) < 4.78 is 22.6. The average Bonchev–Trinajstić information content (AvgIpc) is 3.25. The third-order valence-corrected chi connectivity index (χ3v) is 13.7. The lowest BCUT2D eigenvalue weighted by Crippen LogP contribution is -2.52. The van der Waals surface area contributed by atoms with Gasteiger partial charge in [0.05, 0.1) is 23.7 Å². The van der Waals surface area contributed by atoms with Crippen LogP contribution in [0.25, 0.3) is 11.8 Å². The van der Waals surface area contributed by atoms with Gasteiger partial charge in [0, 0.05) is 17.4 Å². The van der Waals surface area contributed by atoms with Crippen molar-refractivity contribution >= 4 is 20.2 Å². The molecule has 3 atom stereocenters. The maximum Gasteiger partial charge on any atom is 0.192 e. The first-order valence-electron chi connectivity index (χ1n) is 13.7. The standard InChI is InChI=1S/C32H39FN2O2Si/c1-31(2,3)38(5,6)37-30(18-22-10-8-7-9-11-22)26-16-17-29(36)27-19-28-23(20-32(26,27)4)21-34-35(28)25-14-12-24(33)13-15-25/h7-15,19,21,26,30H,16-18,20H2,1-6H3/t26-,30-,32-/m1/s1. The smallest absolute Gasteiger partial charge is 0.192 e. The van der Waals surface area contributed by atoms with Gasteiger partial charge in [0.25, 0.3) is 0 Å². The molecule has 38 heavy (non-hydrogen) atoms. The highest BCUT2D eigenvalue weighted by atomic mass is 28.4. The number of fused-ring (bicyclic) bond motifs is 2. The molecule has 1 heterocycles. The van der Waals surface area contributed by atoms with Crippen LogP contribution in [0.2, 0.25) is 18.1 Å². The number of allylic oxidation sites excluding steroid dienone is 1. The summed E-state index contributed by atoms with van der Waals surface area (Å²) in [5, 5.41) is 4.74. The molecule has 0 N–H and O–H groups in total. The van der Waals surface area contributed by atoms with Crippen molar-refractivity contribution in [2.24, 2.45) is 11.3 Å². The second-order valence-corrected chi connectivity index (χ2v) is 17.5. The maximum atomic E-state index is 13.6. The van der Waals surface area contributed by atoms with Gasteiger partial charge < -0.3 is 4.43 Å². The van der Waals surface area contributed by atoms with E-state index < -0.39 is 8.32 Å². The number of carbonyl (C=O) groups excluding carboxylic acids is 1. The summed E-state index contributed by atoms with van der Waals surface area (Å²) in [5.41, 5.74) is 4.62. The Hall–Kier alpha value is -2.83. The largest absolute Gasteiger partial charge is 0.413 e. The van der Waals surface area contributed by atoms with Crippen molar-refractivity contribution in [1.29, 1.82) is 0 Å². The molecule has 6 heteroatoms. The first-order chi connectivity index (χ1) is 17.9. The molecule has 2 aliphatic carbocycles. The summed E-state index contributed by atoms with van der Waals surface area (Å²) in [5.74, 6) is 0.132. The number of halogens is 1. The predicted molar refractivity (Wildman–Crippen MR) is 153 cm³/mol. The van der Waals surface area contributed by atoms with Gasteiger partial charge in [0.2, 0.25) is 0 Å². The lowest BCUT2D eigenvalue weighted by atomic mass is 9.57. The van der Waals surface area contributed by atoms with Crippen LogP contribution in [0, 0.1) is 17.2 Å². The van der Waals surface area contributed by atoms with Crippen molar-refractivity contribution in [2.75, 3.05) is 0 Å². The SMILES string of the molecule is CC(C)(C)[Si](C)(C)O[C@H](Cc1ccccc1)[C@H]1CCC(=O)C2=Cc3c(cnn3-c3ccc(F)cc3)C[C@@]21C. The molecule has 0 spiro atoms. The molecule has 2 aromatic carbocycles. The van der Waals surface area contributed by atoms with Crippen LogP contribution in [0.4, 0.5) is 4.39 Å². The second kappa shape index (κ2) is 9.73. The highest BCUT2D eigenvalue weighted by molar-refractivity contribution is 6.74. The molecule has 0 amide bonds. The fraction of sp³-hybridized carbons (Fsp3) is 0.438. The Morgan fingerprint density at radius 2 is 1.82 bits per heavy atom. The van der Waals surface area contributed by atoms with Gasteiger partial charge >= 0.3 is 0 Å². The molecular weight excluding hydrogens is 491 g/mol. The fourth-order valence-corrected chi connectivity index (χ4v) is 7.35. The zero-order chi connectivity index (χ0) is 27.3. The third kappa shape index (κ3) is 4.84. The van der Waals surface area contributed by atoms with E-state index in [4.69, 9.17) is 4.43 Å². The summed E-state index contributed by atoms with van der Waals surface area (Å²) in [6.07, 6.45) is 6.88. The summed E-state index contributed by atoms with van der Waals surface area (Å²) in [4.78, 5) is 13.4. The summed E-state index contributed by atoms with van der Waals surface area (Å²) in [7, 11) is -2.08. The van der Waals surface area contributed by atoms with Crippen LogP contribution in [0.5, 0.6) is 0 Å². The van der Waals surface area contributed by atoms with E-state index in [1.54, 1.807) is 12.1 Å². The van der Waals surface area contributed by atoms with Gasteiger partial charge in [-0.2, -0.15) is 5.10 Å². The first-order valence-corrected chi connectivity index (χ1v) is 16.6. The quantitative estimate of drug-likeness (QED) is 0.309. The topological polar surface area (TPSA) is 44.1 Å². The van der Waals surface area contributed by atoms with Crippen LogP contribution in [-0.4, -0.2) is 30.0 Å². The number of benzene rings is 2. The molecular formula is C32H39FN2O2Si. The van der Waals surface area contributed by atoms with Crippen molar-refractivity contribution in [3.8, 4) is 5.69 Å². The Labute approximate surface area is 227 Å². The van der Waals surface area contributed by atoms with Gasteiger partial charge in [-0.05, 0) is 84.8 Å². The zero-order valence-corrected chi connectivity index (χ0v) is 24.4. The molecule has 0 saturated heterocycles. The van der Waals surface area contributed by atoms with Crippen molar-refractivity contribution in [2.45, 2.75) is 77.6 Å². The Morgan fingerprint density at radius 3 is 2.47 bits per heavy atom. The van der Waals surface area contributed by atoms with Gasteiger partial charge in [-0.15, -0.1) is 0 Å². The minimum Gasteiger partial charge on any atom is -0.413 e. The van der Waals surface area contributed by atoms with E-state index in [1.807, 2.05) is 10.9 Å². The van der Waals surface area contributed by atoms with Crippen LogP contribution in [0.3, 0.4) is 0 Å². The van der Waals surface area contributed by atoms with Crippen molar-refractivity contribution in [1.82, 2.24) is 9.78 Å². The number of carbonyl (C=O) groups is 1. The lowest BCUT2D eigenvalue weighted by molar-refractivity contribution is -0.120. The molecule has 0 radical (unpaired) electrons. The molecule has 1 aromatic heterocycles. The summed E-state index contributed by atoms with van der Waals surface area (Å²) in [6.45, 7) is 13.8. The van der Waals surface area contributed by atoms with E-state index in [0.29, 0.717) is 6.42 Å². The molecule has 1 saturated carbocycles. The number of rotatable bonds is 6. The lowest BCUT2D eigenvalue weighted by Gasteiger charge is -2.50. The van der Waals surface area contributed by atoms with Gasteiger partial charge in [-0.3, -0.25) is 4.79 Å². The minimum atomic E-state index is -2.08. The number of hydrogen-bond donors (Lipinski definition) is 0. The first kappa shape index (κ1) is 26.8. The summed E-state index contributed by atoms with van der Waals surface area (Å²) in [6, 6.07) is 16.9. The van der Waals surface area contributed by atoms with Gasteiger partial charge in [0.15, 0.2) is 14.1 Å². The zero-order valence-electron chi connectivity index (χ0n) is 23.4. The number of hydrogen-bond acceptors (Lipinski definition) is 3. The number of nitrogens with zero attached hydrogens (tertiary/aromatic N) is 2. The Bertz CT molecular complexity index is 1350. The Balaban J connectivity index is 1.55. The minimum absolute atomic E-state index is 0.00786.